The number of carbonyl (C=O) groups excluding carboxylic acids is 1. The van der Waals surface area contributed by atoms with Gasteiger partial charge in [0.25, 0.3) is 0 Å². The Labute approximate surface area is 490 Å². The number of carbonyl (C=O) groups is 1. The van der Waals surface area contributed by atoms with E-state index in [1.54, 1.807) is 0 Å². The molecule has 5 aliphatic carbocycles. The van der Waals surface area contributed by atoms with Crippen molar-refractivity contribution in [1.82, 2.24) is 0 Å². The molecule has 0 amide bonds. The lowest BCUT2D eigenvalue weighted by molar-refractivity contribution is -0.361. The van der Waals surface area contributed by atoms with E-state index in [1.165, 1.54) is 19.4 Å². The van der Waals surface area contributed by atoms with Crippen molar-refractivity contribution >= 4 is 5.97 Å². The molecule has 10 rings (SSSR count). The van der Waals surface area contributed by atoms with E-state index in [0.717, 1.165) is 25.7 Å². The van der Waals surface area contributed by atoms with E-state index in [-0.39, 0.29) is 52.1 Å². The van der Waals surface area contributed by atoms with Gasteiger partial charge in [-0.1, -0.05) is 60.1 Å². The van der Waals surface area contributed by atoms with E-state index in [0.29, 0.717) is 38.5 Å². The van der Waals surface area contributed by atoms with Crippen molar-refractivity contribution in [2.24, 2.45) is 50.2 Å². The van der Waals surface area contributed by atoms with E-state index in [1.807, 2.05) is 0 Å². The van der Waals surface area contributed by atoms with Crippen LogP contribution in [0.25, 0.3) is 0 Å². The molecule has 0 aromatic heterocycles. The van der Waals surface area contributed by atoms with Gasteiger partial charge in [0.1, 0.15) is 104 Å². The minimum absolute atomic E-state index is 0.143. The first kappa shape index (κ1) is 65.2. The highest BCUT2D eigenvalue weighted by Crippen LogP contribution is 2.76. The third-order valence-corrected chi connectivity index (χ3v) is 23.1. The maximum absolute atomic E-state index is 15.2. The Morgan fingerprint density at radius 1 is 0.560 bits per heavy atom. The zero-order valence-electron chi connectivity index (χ0n) is 49.7. The summed E-state index contributed by atoms with van der Waals surface area (Å²) in [7, 11) is 0. The zero-order chi connectivity index (χ0) is 61.3. The fraction of sp³-hybridized carbons (Fsp3) is 0.949. The highest BCUT2D eigenvalue weighted by Gasteiger charge is 2.70. The molecule has 0 bridgehead atoms. The van der Waals surface area contributed by atoms with Crippen LogP contribution in [0.2, 0.25) is 0 Å². The van der Waals surface area contributed by atoms with Gasteiger partial charge < -0.3 is 119 Å². The molecule has 5 aliphatic heterocycles. The van der Waals surface area contributed by atoms with Gasteiger partial charge in [-0.3, -0.25) is 4.79 Å². The topological polar surface area (TPSA) is 393 Å². The third-order valence-electron chi connectivity index (χ3n) is 23.1. The second-order valence-corrected chi connectivity index (χ2v) is 28.6. The normalized spacial score (nSPS) is 54.6. The Bertz CT molecular complexity index is 2340. The van der Waals surface area contributed by atoms with Crippen LogP contribution in [-0.4, -0.2) is 251 Å². The molecule has 0 aromatic carbocycles. The summed E-state index contributed by atoms with van der Waals surface area (Å²) in [5.41, 5.74) is -1.01. The summed E-state index contributed by atoms with van der Waals surface area (Å²) in [4.78, 5) is 15.2. The van der Waals surface area contributed by atoms with E-state index < -0.39 is 177 Å². The van der Waals surface area contributed by atoms with E-state index >= 15 is 4.79 Å². The maximum Gasteiger partial charge on any atom is 0.315 e. The summed E-state index contributed by atoms with van der Waals surface area (Å²) < 4.78 is 59.0. The molecule has 14 N–H and O–H groups in total. The predicted octanol–water partition coefficient (Wildman–Crippen LogP) is -1.52. The van der Waals surface area contributed by atoms with Crippen LogP contribution in [-0.2, 0) is 52.2 Å². The van der Waals surface area contributed by atoms with Crippen LogP contribution in [0.15, 0.2) is 11.6 Å². The quantitative estimate of drug-likeness (QED) is 0.0600. The first-order valence-electron chi connectivity index (χ1n) is 30.5. The highest BCUT2D eigenvalue weighted by atomic mass is 16.8. The van der Waals surface area contributed by atoms with Crippen molar-refractivity contribution in [2.75, 3.05) is 19.8 Å². The first-order chi connectivity index (χ1) is 39.3. The van der Waals surface area contributed by atoms with Crippen molar-refractivity contribution in [3.63, 3.8) is 0 Å². The van der Waals surface area contributed by atoms with Crippen molar-refractivity contribution in [1.29, 1.82) is 0 Å². The SMILES string of the molecule is C[C@@H]1O[C@H](O[C@H]2[C@H](O)[C@@H](O)[C@H](OC[C@@H]3O[C@H](OC(=O)[C@]45CCC(C)(C)C[C@H]4C4=CC[C@H]6[C@]7(C)CC[C@H](O[C@@H]8OC[C@H](O[C@@H]9O[C@@H](C)[C@@H](O)[C@@H](O)[C@@H]9O)[C@@H](O)[C@H]8O)C(C)(C)[C@@H]7CC[C@]6(C)[C@@]4(C)CC5)[C@@H](O)[C@@H](O)[C@H]3O)O[C@@H]2CO)[C@H](O)[C@H](O)[C@H]1O. The molecule has 32 atom stereocenters. The second-order valence-electron chi connectivity index (χ2n) is 28.6. The number of hydrogen-bond acceptors (Lipinski definition) is 25. The number of fused-ring (bicyclic) bond motifs is 7. The van der Waals surface area contributed by atoms with Gasteiger partial charge in [-0.25, -0.2) is 0 Å². The minimum Gasteiger partial charge on any atom is -0.432 e. The summed E-state index contributed by atoms with van der Waals surface area (Å²) in [6.45, 7) is 17.4. The molecule has 0 spiro atoms. The molecule has 5 saturated heterocycles. The summed E-state index contributed by atoms with van der Waals surface area (Å²) in [6, 6.07) is 0. The lowest BCUT2D eigenvalue weighted by atomic mass is 9.33. The standard InChI is InChI=1S/C59H96O25/c1-24-34(61)38(65)43(70)50(77-24)80-30-23-76-49(42(69)37(30)64)82-33-13-14-56(7)31(55(33,5)6)12-15-58(9)32(56)11-10-26-27-20-54(3,4)16-18-59(27,19-17-57(26,58)8)53(74)84-52-45(72)40(67)36(63)29(81-52)22-75-48-46(73)41(68)47(28(21-60)79-48)83-51-44(71)39(66)35(62)25(2)78-51/h10,24-25,27-52,60-73H,11-23H2,1-9H3/t24-,25-,27-,28+,29-,30-,31-,32-,33-,34+,35-,36-,37+,38+,39+,40-,41+,42+,43-,44+,45-,46+,47+,48+,49-,50-,51+,52+,56+,57-,58-,59-/m0/s1. The van der Waals surface area contributed by atoms with Gasteiger partial charge in [0.05, 0.1) is 43.5 Å². The minimum atomic E-state index is -1.88. The Hall–Kier alpha value is -1.71. The van der Waals surface area contributed by atoms with E-state index in [9.17, 15) is 71.5 Å². The van der Waals surface area contributed by atoms with E-state index in [2.05, 4.69) is 54.5 Å². The fourth-order valence-electron chi connectivity index (χ4n) is 17.5. The van der Waals surface area contributed by atoms with Gasteiger partial charge in [0.15, 0.2) is 25.2 Å². The molecule has 4 saturated carbocycles. The number of aliphatic hydroxyl groups is 14. The summed E-state index contributed by atoms with van der Waals surface area (Å²) in [5.74, 6) is -0.395. The van der Waals surface area contributed by atoms with Crippen LogP contribution < -0.4 is 0 Å². The van der Waals surface area contributed by atoms with Gasteiger partial charge in [-0.05, 0) is 123 Å². The zero-order valence-corrected chi connectivity index (χ0v) is 49.7. The molecular weight excluding hydrogens is 1110 g/mol. The molecule has 482 valence electrons. The van der Waals surface area contributed by atoms with Gasteiger partial charge in [-0.15, -0.1) is 0 Å². The average molecular weight is 1210 g/mol. The fourth-order valence-corrected chi connectivity index (χ4v) is 17.5. The van der Waals surface area contributed by atoms with Crippen molar-refractivity contribution < 1.29 is 124 Å². The summed E-state index contributed by atoms with van der Waals surface area (Å²) >= 11 is 0. The number of rotatable bonds is 12. The van der Waals surface area contributed by atoms with Crippen LogP contribution in [0.1, 0.15) is 127 Å². The second kappa shape index (κ2) is 23.8. The monoisotopic (exact) mass is 1200 g/mol. The Balaban J connectivity index is 0.802. The molecule has 0 radical (unpaired) electrons. The number of ether oxygens (including phenoxy) is 10. The smallest absolute Gasteiger partial charge is 0.315 e. The Morgan fingerprint density at radius 3 is 1.77 bits per heavy atom. The first-order valence-corrected chi connectivity index (χ1v) is 30.5. The number of allylic oxidation sites excluding steroid dienone is 2. The predicted molar refractivity (Wildman–Crippen MR) is 287 cm³/mol. The molecule has 25 heteroatoms. The molecule has 84 heavy (non-hydrogen) atoms. The Morgan fingerprint density at radius 2 is 1.13 bits per heavy atom. The largest absolute Gasteiger partial charge is 0.432 e. The third kappa shape index (κ3) is 10.9. The van der Waals surface area contributed by atoms with E-state index in [4.69, 9.17) is 47.4 Å². The Kier molecular flexibility index (Phi) is 18.5. The molecular formula is C59H96O25. The molecule has 0 unspecified atom stereocenters. The summed E-state index contributed by atoms with van der Waals surface area (Å²) in [5, 5.41) is 151. The highest BCUT2D eigenvalue weighted by molar-refractivity contribution is 5.79. The molecule has 25 nitrogen and oxygen atoms in total. The van der Waals surface area contributed by atoms with Crippen molar-refractivity contribution in [3.05, 3.63) is 11.6 Å². The van der Waals surface area contributed by atoms with Crippen LogP contribution >= 0.6 is 0 Å². The van der Waals surface area contributed by atoms with Crippen LogP contribution in [0, 0.1) is 50.2 Å². The lowest BCUT2D eigenvalue weighted by Gasteiger charge is -2.71. The van der Waals surface area contributed by atoms with Crippen molar-refractivity contribution in [3.8, 4) is 0 Å². The summed E-state index contributed by atoms with van der Waals surface area (Å²) in [6.07, 6.45) is -27.5. The molecule has 0 aromatic rings. The van der Waals surface area contributed by atoms with Gasteiger partial charge in [0.2, 0.25) is 6.29 Å². The van der Waals surface area contributed by atoms with Crippen LogP contribution in [0.4, 0.5) is 0 Å². The average Bonchev–Trinajstić information content (AvgIpc) is 0.721. The van der Waals surface area contributed by atoms with Crippen LogP contribution in [0.5, 0.6) is 0 Å². The van der Waals surface area contributed by atoms with Gasteiger partial charge in [0, 0.05) is 0 Å². The number of esters is 1. The number of aliphatic hydroxyl groups excluding tert-OH is 14. The van der Waals surface area contributed by atoms with Crippen LogP contribution in [0.3, 0.4) is 0 Å². The molecule has 5 heterocycles. The lowest BCUT2D eigenvalue weighted by Crippen LogP contribution is -2.66. The number of hydrogen-bond donors (Lipinski definition) is 14. The van der Waals surface area contributed by atoms with Gasteiger partial charge in [-0.2, -0.15) is 0 Å². The van der Waals surface area contributed by atoms with Crippen molar-refractivity contribution in [2.45, 2.75) is 280 Å². The van der Waals surface area contributed by atoms with Gasteiger partial charge >= 0.3 is 5.97 Å². The molecule has 10 aliphatic rings. The molecule has 9 fully saturated rings. The maximum atomic E-state index is 15.2.